The fourth-order valence-corrected chi connectivity index (χ4v) is 1.63. The zero-order valence-corrected chi connectivity index (χ0v) is 11.7. The van der Waals surface area contributed by atoms with Gasteiger partial charge in [-0.25, -0.2) is 0 Å². The summed E-state index contributed by atoms with van der Waals surface area (Å²) in [5.74, 6) is 0. The maximum Gasteiger partial charge on any atom is 0.0630 e. The van der Waals surface area contributed by atoms with Crippen molar-refractivity contribution in [3.63, 3.8) is 0 Å². The number of nitrogens with two attached hydrogens (primary N) is 1. The number of rotatable bonds is 4. The van der Waals surface area contributed by atoms with E-state index < -0.39 is 0 Å². The predicted octanol–water partition coefficient (Wildman–Crippen LogP) is 3.32. The molecule has 3 heteroatoms. The van der Waals surface area contributed by atoms with Crippen LogP contribution in [-0.2, 0) is 0 Å². The fraction of sp³-hybridized carbons (Fsp3) is 0.188. The molecule has 1 aliphatic carbocycles. The first kappa shape index (κ1) is 14.8. The first-order chi connectivity index (χ1) is 9.01. The summed E-state index contributed by atoms with van der Waals surface area (Å²) in [7, 11) is 0. The van der Waals surface area contributed by atoms with Crippen molar-refractivity contribution in [1.29, 1.82) is 5.41 Å². The van der Waals surface area contributed by atoms with Crippen LogP contribution >= 0.6 is 0 Å². The van der Waals surface area contributed by atoms with E-state index >= 15 is 0 Å². The third-order valence-electron chi connectivity index (χ3n) is 2.83. The predicted molar refractivity (Wildman–Crippen MR) is 82.7 cm³/mol. The van der Waals surface area contributed by atoms with Crippen molar-refractivity contribution in [3.8, 4) is 0 Å². The minimum atomic E-state index is 0.436. The van der Waals surface area contributed by atoms with E-state index in [0.29, 0.717) is 11.4 Å². The second-order valence-corrected chi connectivity index (χ2v) is 4.28. The molecule has 3 nitrogen and oxygen atoms in total. The van der Waals surface area contributed by atoms with E-state index in [1.807, 2.05) is 45.1 Å². The number of hydrogen-bond donors (Lipinski definition) is 3. The second-order valence-electron chi connectivity index (χ2n) is 4.28. The summed E-state index contributed by atoms with van der Waals surface area (Å²) in [6.07, 6.45) is 11.2. The summed E-state index contributed by atoms with van der Waals surface area (Å²) in [5, 5.41) is 11.1. The SMILES string of the molecule is C=C/C(C)=C\C(=C/C)NC1=C/C(=C/C)C(=N)C=C1N. The Bertz CT molecular complexity index is 540. The van der Waals surface area contributed by atoms with Gasteiger partial charge >= 0.3 is 0 Å². The van der Waals surface area contributed by atoms with Crippen molar-refractivity contribution < 1.29 is 0 Å². The van der Waals surface area contributed by atoms with Gasteiger partial charge in [0.05, 0.1) is 17.1 Å². The number of allylic oxidation sites excluding steroid dienone is 8. The van der Waals surface area contributed by atoms with Crippen LogP contribution in [0, 0.1) is 5.41 Å². The monoisotopic (exact) mass is 255 g/mol. The summed E-state index contributed by atoms with van der Waals surface area (Å²) in [4.78, 5) is 0. The van der Waals surface area contributed by atoms with Crippen molar-refractivity contribution in [1.82, 2.24) is 5.32 Å². The fourth-order valence-electron chi connectivity index (χ4n) is 1.63. The van der Waals surface area contributed by atoms with E-state index in [-0.39, 0.29) is 0 Å². The molecule has 0 amide bonds. The van der Waals surface area contributed by atoms with Gasteiger partial charge in [-0.2, -0.15) is 0 Å². The molecule has 19 heavy (non-hydrogen) atoms. The quantitative estimate of drug-likeness (QED) is 0.675. The molecular formula is C16H21N3. The minimum absolute atomic E-state index is 0.436. The zero-order valence-electron chi connectivity index (χ0n) is 11.7. The van der Waals surface area contributed by atoms with E-state index in [2.05, 4.69) is 11.9 Å². The molecule has 0 aromatic rings. The second kappa shape index (κ2) is 6.59. The molecule has 0 saturated carbocycles. The molecule has 0 spiro atoms. The lowest BCUT2D eigenvalue weighted by atomic mass is 10.0. The average molecular weight is 255 g/mol. The van der Waals surface area contributed by atoms with Gasteiger partial charge < -0.3 is 16.5 Å². The topological polar surface area (TPSA) is 61.9 Å². The zero-order chi connectivity index (χ0) is 14.4. The Labute approximate surface area is 115 Å². The summed E-state index contributed by atoms with van der Waals surface area (Å²) in [6, 6.07) is 0. The molecule has 1 aliphatic rings. The minimum Gasteiger partial charge on any atom is -0.397 e. The number of hydrogen-bond acceptors (Lipinski definition) is 3. The Morgan fingerprint density at radius 1 is 1.37 bits per heavy atom. The van der Waals surface area contributed by atoms with Crippen LogP contribution in [0.1, 0.15) is 20.8 Å². The highest BCUT2D eigenvalue weighted by molar-refractivity contribution is 6.10. The Morgan fingerprint density at radius 3 is 2.58 bits per heavy atom. The molecule has 0 saturated heterocycles. The van der Waals surface area contributed by atoms with Gasteiger partial charge in [0.2, 0.25) is 0 Å². The van der Waals surface area contributed by atoms with Gasteiger partial charge in [-0.15, -0.1) is 0 Å². The molecular weight excluding hydrogens is 234 g/mol. The largest absolute Gasteiger partial charge is 0.397 e. The van der Waals surface area contributed by atoms with Gasteiger partial charge in [-0.3, -0.25) is 0 Å². The van der Waals surface area contributed by atoms with Crippen molar-refractivity contribution in [2.24, 2.45) is 5.73 Å². The van der Waals surface area contributed by atoms with Crippen LogP contribution in [0.4, 0.5) is 0 Å². The van der Waals surface area contributed by atoms with Crippen LogP contribution in [0.3, 0.4) is 0 Å². The van der Waals surface area contributed by atoms with Crippen molar-refractivity contribution >= 4 is 5.71 Å². The summed E-state index contributed by atoms with van der Waals surface area (Å²) < 4.78 is 0. The van der Waals surface area contributed by atoms with Crippen molar-refractivity contribution in [2.45, 2.75) is 20.8 Å². The van der Waals surface area contributed by atoms with E-state index in [9.17, 15) is 0 Å². The average Bonchev–Trinajstić information content (AvgIpc) is 2.40. The van der Waals surface area contributed by atoms with Crippen LogP contribution in [-0.4, -0.2) is 5.71 Å². The number of nitrogens with one attached hydrogen (secondary N) is 2. The summed E-state index contributed by atoms with van der Waals surface area (Å²) in [5.41, 5.74) is 10.6. The van der Waals surface area contributed by atoms with E-state index in [1.54, 1.807) is 12.2 Å². The molecule has 0 unspecified atom stereocenters. The van der Waals surface area contributed by atoms with Crippen molar-refractivity contribution in [3.05, 3.63) is 71.3 Å². The molecule has 0 bridgehead atoms. The van der Waals surface area contributed by atoms with Crippen LogP contribution < -0.4 is 11.1 Å². The molecule has 0 aromatic heterocycles. The van der Waals surface area contributed by atoms with Gasteiger partial charge in [0.1, 0.15) is 0 Å². The maximum atomic E-state index is 7.80. The Balaban J connectivity index is 3.01. The summed E-state index contributed by atoms with van der Waals surface area (Å²) >= 11 is 0. The molecule has 4 N–H and O–H groups in total. The molecule has 100 valence electrons. The van der Waals surface area contributed by atoms with Crippen molar-refractivity contribution in [2.75, 3.05) is 0 Å². The first-order valence-electron chi connectivity index (χ1n) is 6.20. The molecule has 1 rings (SSSR count). The highest BCUT2D eigenvalue weighted by atomic mass is 14.9. The Morgan fingerprint density at radius 2 is 2.05 bits per heavy atom. The molecule has 0 aromatic carbocycles. The first-order valence-corrected chi connectivity index (χ1v) is 6.20. The van der Waals surface area contributed by atoms with E-state index in [4.69, 9.17) is 11.1 Å². The van der Waals surface area contributed by atoms with Crippen LogP contribution in [0.2, 0.25) is 0 Å². The van der Waals surface area contributed by atoms with Crippen LogP contribution in [0.5, 0.6) is 0 Å². The maximum absolute atomic E-state index is 7.80. The lowest BCUT2D eigenvalue weighted by Gasteiger charge is -2.18. The Hall–Kier alpha value is -2.29. The smallest absolute Gasteiger partial charge is 0.0630 e. The molecule has 0 heterocycles. The van der Waals surface area contributed by atoms with Gasteiger partial charge in [0, 0.05) is 5.70 Å². The third kappa shape index (κ3) is 3.85. The molecule has 0 atom stereocenters. The van der Waals surface area contributed by atoms with Gasteiger partial charge in [0.25, 0.3) is 0 Å². The van der Waals surface area contributed by atoms with Gasteiger partial charge in [-0.1, -0.05) is 24.8 Å². The normalized spacial score (nSPS) is 19.1. The van der Waals surface area contributed by atoms with Crippen LogP contribution in [0.25, 0.3) is 0 Å². The lowest BCUT2D eigenvalue weighted by Crippen LogP contribution is -2.22. The molecule has 0 radical (unpaired) electrons. The van der Waals surface area contributed by atoms with Crippen LogP contribution in [0.15, 0.2) is 71.3 Å². The van der Waals surface area contributed by atoms with E-state index in [0.717, 1.165) is 22.5 Å². The van der Waals surface area contributed by atoms with Gasteiger partial charge in [0.15, 0.2) is 0 Å². The van der Waals surface area contributed by atoms with Gasteiger partial charge in [-0.05, 0) is 50.1 Å². The highest BCUT2D eigenvalue weighted by Crippen LogP contribution is 2.17. The molecule has 0 fully saturated rings. The standard InChI is InChI=1S/C16H21N3/c1-5-11(4)8-13(7-3)19-16-9-12(6-2)14(17)10-15(16)18/h5-10,17,19H,1,18H2,2-4H3/b11-8-,12-6-,13-7+,17-14?. The molecule has 0 aliphatic heterocycles. The van der Waals surface area contributed by atoms with E-state index in [1.165, 1.54) is 0 Å². The third-order valence-corrected chi connectivity index (χ3v) is 2.83. The Kier molecular flexibility index (Phi) is 5.12. The summed E-state index contributed by atoms with van der Waals surface area (Å²) in [6.45, 7) is 9.58. The lowest BCUT2D eigenvalue weighted by molar-refractivity contribution is 0.989. The highest BCUT2D eigenvalue weighted by Gasteiger charge is 2.12.